The zero-order valence-corrected chi connectivity index (χ0v) is 21.3. The van der Waals surface area contributed by atoms with Crippen molar-refractivity contribution >= 4 is 17.4 Å². The van der Waals surface area contributed by atoms with Gasteiger partial charge in [0, 0.05) is 30.3 Å². The number of likely N-dealkylation sites (N-methyl/N-ethyl adjacent to an activating group) is 1. The predicted octanol–water partition coefficient (Wildman–Crippen LogP) is 3.78. The van der Waals surface area contributed by atoms with E-state index in [0.29, 0.717) is 41.5 Å². The minimum absolute atomic E-state index is 0.0302. The highest BCUT2D eigenvalue weighted by Gasteiger charge is 2.47. The van der Waals surface area contributed by atoms with Crippen LogP contribution in [-0.2, 0) is 9.59 Å². The van der Waals surface area contributed by atoms with Gasteiger partial charge in [0.05, 0.1) is 32.9 Å². The molecule has 1 aliphatic rings. The SMILES string of the molecule is CCN(CC)CCN1C(=O)C(=O)C(=C(O)c2ccc(OC)c(C)c2)[C@H]1c1ccc(OC)cc1OC. The lowest BCUT2D eigenvalue weighted by atomic mass is 9.94. The fourth-order valence-electron chi connectivity index (χ4n) is 4.45. The summed E-state index contributed by atoms with van der Waals surface area (Å²) in [6.07, 6.45) is 0. The Morgan fingerprint density at radius 3 is 2.23 bits per heavy atom. The molecule has 8 heteroatoms. The molecule has 0 aromatic heterocycles. The normalized spacial score (nSPS) is 17.2. The zero-order chi connectivity index (χ0) is 25.7. The van der Waals surface area contributed by atoms with Gasteiger partial charge in [-0.2, -0.15) is 0 Å². The molecule has 1 N–H and O–H groups in total. The minimum atomic E-state index is -0.811. The highest BCUT2D eigenvalue weighted by Crippen LogP contribution is 2.43. The summed E-state index contributed by atoms with van der Waals surface area (Å²) < 4.78 is 16.3. The molecule has 1 atom stereocenters. The second kappa shape index (κ2) is 11.3. The van der Waals surface area contributed by atoms with Crippen molar-refractivity contribution in [1.29, 1.82) is 0 Å². The van der Waals surface area contributed by atoms with Crippen LogP contribution in [0.25, 0.3) is 5.76 Å². The van der Waals surface area contributed by atoms with Gasteiger partial charge in [-0.1, -0.05) is 13.8 Å². The van der Waals surface area contributed by atoms with Crippen LogP contribution in [0.15, 0.2) is 42.0 Å². The molecule has 0 radical (unpaired) electrons. The van der Waals surface area contributed by atoms with Crippen molar-refractivity contribution in [3.63, 3.8) is 0 Å². The van der Waals surface area contributed by atoms with Crippen LogP contribution in [0.1, 0.15) is 36.6 Å². The highest BCUT2D eigenvalue weighted by atomic mass is 16.5. The number of aliphatic hydroxyl groups is 1. The van der Waals surface area contributed by atoms with Crippen molar-refractivity contribution in [1.82, 2.24) is 9.80 Å². The number of ketones is 1. The molecule has 0 unspecified atom stereocenters. The molecule has 0 spiro atoms. The Labute approximate surface area is 206 Å². The number of aryl methyl sites for hydroxylation is 1. The monoisotopic (exact) mass is 482 g/mol. The Morgan fingerprint density at radius 2 is 1.66 bits per heavy atom. The van der Waals surface area contributed by atoms with E-state index >= 15 is 0 Å². The molecule has 0 aliphatic carbocycles. The molecule has 3 rings (SSSR count). The number of Topliss-reactive ketones (excluding diaryl/α,β-unsaturated/α-hetero) is 1. The standard InChI is InChI=1S/C27H34N2O6/c1-7-28(8-2)13-14-29-24(20-11-10-19(33-4)16-22(20)35-6)23(26(31)27(29)32)25(30)18-9-12-21(34-5)17(3)15-18/h9-12,15-16,24,30H,7-8,13-14H2,1-6H3/t24-/m1/s1. The van der Waals surface area contributed by atoms with Crippen LogP contribution >= 0.6 is 0 Å². The van der Waals surface area contributed by atoms with Crippen LogP contribution in [0, 0.1) is 6.92 Å². The van der Waals surface area contributed by atoms with Gasteiger partial charge in [0.25, 0.3) is 11.7 Å². The van der Waals surface area contributed by atoms with Gasteiger partial charge >= 0.3 is 0 Å². The second-order valence-corrected chi connectivity index (χ2v) is 8.31. The molecule has 2 aromatic rings. The number of methoxy groups -OCH3 is 3. The molecule has 0 bridgehead atoms. The van der Waals surface area contributed by atoms with Crippen molar-refractivity contribution in [3.8, 4) is 17.2 Å². The predicted molar refractivity (Wildman–Crippen MR) is 134 cm³/mol. The van der Waals surface area contributed by atoms with Gasteiger partial charge in [0.15, 0.2) is 0 Å². The van der Waals surface area contributed by atoms with Gasteiger partial charge in [-0.3, -0.25) is 9.59 Å². The fourth-order valence-corrected chi connectivity index (χ4v) is 4.45. The summed E-state index contributed by atoms with van der Waals surface area (Å²) >= 11 is 0. The third-order valence-electron chi connectivity index (χ3n) is 6.50. The van der Waals surface area contributed by atoms with Crippen LogP contribution in [0.5, 0.6) is 17.2 Å². The van der Waals surface area contributed by atoms with Crippen LogP contribution in [0.4, 0.5) is 0 Å². The Kier molecular flexibility index (Phi) is 8.40. The molecule has 8 nitrogen and oxygen atoms in total. The van der Waals surface area contributed by atoms with E-state index < -0.39 is 17.7 Å². The molecule has 1 heterocycles. The van der Waals surface area contributed by atoms with Gasteiger partial charge in [0.2, 0.25) is 0 Å². The van der Waals surface area contributed by atoms with Crippen molar-refractivity contribution < 1.29 is 28.9 Å². The summed E-state index contributed by atoms with van der Waals surface area (Å²) in [5.41, 5.74) is 1.86. The maximum absolute atomic E-state index is 13.3. The molecule has 1 saturated heterocycles. The molecular formula is C27H34N2O6. The molecule has 2 aromatic carbocycles. The number of carbonyl (C=O) groups excluding carboxylic acids is 2. The van der Waals surface area contributed by atoms with Crippen LogP contribution in [0.2, 0.25) is 0 Å². The van der Waals surface area contributed by atoms with Crippen molar-refractivity contribution in [2.75, 3.05) is 47.5 Å². The van der Waals surface area contributed by atoms with Crippen LogP contribution in [0.3, 0.4) is 0 Å². The Balaban J connectivity index is 2.19. The third-order valence-corrected chi connectivity index (χ3v) is 6.50. The first kappa shape index (κ1) is 26.1. The van der Waals surface area contributed by atoms with Crippen molar-refractivity contribution in [3.05, 3.63) is 58.7 Å². The summed E-state index contributed by atoms with van der Waals surface area (Å²) in [5, 5.41) is 11.3. The average Bonchev–Trinajstić information content (AvgIpc) is 3.13. The van der Waals surface area contributed by atoms with Crippen molar-refractivity contribution in [2.45, 2.75) is 26.8 Å². The maximum Gasteiger partial charge on any atom is 0.295 e. The molecule has 35 heavy (non-hydrogen) atoms. The summed E-state index contributed by atoms with van der Waals surface area (Å²) in [6, 6.07) is 9.55. The molecule has 1 fully saturated rings. The number of benzene rings is 2. The quantitative estimate of drug-likeness (QED) is 0.313. The average molecular weight is 483 g/mol. The molecule has 1 amide bonds. The lowest BCUT2D eigenvalue weighted by molar-refractivity contribution is -0.140. The summed E-state index contributed by atoms with van der Waals surface area (Å²) in [5.74, 6) is 0.0967. The minimum Gasteiger partial charge on any atom is -0.507 e. The number of carbonyl (C=O) groups is 2. The number of amides is 1. The summed E-state index contributed by atoms with van der Waals surface area (Å²) in [7, 11) is 4.64. The first-order valence-electron chi connectivity index (χ1n) is 11.7. The smallest absolute Gasteiger partial charge is 0.295 e. The van der Waals surface area contributed by atoms with Gasteiger partial charge in [-0.25, -0.2) is 0 Å². The van der Waals surface area contributed by atoms with Crippen LogP contribution < -0.4 is 14.2 Å². The first-order chi connectivity index (χ1) is 16.8. The molecule has 1 aliphatic heterocycles. The first-order valence-corrected chi connectivity index (χ1v) is 11.7. The van der Waals surface area contributed by atoms with E-state index in [2.05, 4.69) is 4.90 Å². The van der Waals surface area contributed by atoms with E-state index in [9.17, 15) is 14.7 Å². The maximum atomic E-state index is 13.3. The van der Waals surface area contributed by atoms with E-state index in [4.69, 9.17) is 14.2 Å². The molecular weight excluding hydrogens is 448 g/mol. The number of hydrogen-bond donors (Lipinski definition) is 1. The number of nitrogens with zero attached hydrogens (tertiary/aromatic N) is 2. The fraction of sp³-hybridized carbons (Fsp3) is 0.407. The molecule has 0 saturated carbocycles. The number of ether oxygens (including phenoxy) is 3. The lowest BCUT2D eigenvalue weighted by Gasteiger charge is -2.29. The summed E-state index contributed by atoms with van der Waals surface area (Å²) in [4.78, 5) is 30.3. The third kappa shape index (κ3) is 5.12. The lowest BCUT2D eigenvalue weighted by Crippen LogP contribution is -2.38. The van der Waals surface area contributed by atoms with Gasteiger partial charge < -0.3 is 29.1 Å². The van der Waals surface area contributed by atoms with E-state index in [1.807, 2.05) is 20.8 Å². The number of rotatable bonds is 10. The zero-order valence-electron chi connectivity index (χ0n) is 21.3. The Morgan fingerprint density at radius 1 is 0.971 bits per heavy atom. The number of likely N-dealkylation sites (tertiary alicyclic amines) is 1. The van der Waals surface area contributed by atoms with E-state index in [-0.39, 0.29) is 11.3 Å². The van der Waals surface area contributed by atoms with Gasteiger partial charge in [-0.05, 0) is 55.9 Å². The highest BCUT2D eigenvalue weighted by molar-refractivity contribution is 6.46. The summed E-state index contributed by atoms with van der Waals surface area (Å²) in [6.45, 7) is 8.51. The Hall–Kier alpha value is -3.52. The number of hydrogen-bond acceptors (Lipinski definition) is 7. The number of aliphatic hydroxyl groups excluding tert-OH is 1. The topological polar surface area (TPSA) is 88.5 Å². The van der Waals surface area contributed by atoms with E-state index in [1.165, 1.54) is 12.0 Å². The Bertz CT molecular complexity index is 1120. The van der Waals surface area contributed by atoms with E-state index in [0.717, 1.165) is 18.7 Å². The van der Waals surface area contributed by atoms with Gasteiger partial charge in [-0.15, -0.1) is 0 Å². The van der Waals surface area contributed by atoms with E-state index in [1.54, 1.807) is 50.6 Å². The van der Waals surface area contributed by atoms with Crippen molar-refractivity contribution in [2.24, 2.45) is 0 Å². The largest absolute Gasteiger partial charge is 0.507 e. The van der Waals surface area contributed by atoms with Gasteiger partial charge in [0.1, 0.15) is 23.0 Å². The molecule has 188 valence electrons. The second-order valence-electron chi connectivity index (χ2n) is 8.31. The van der Waals surface area contributed by atoms with Crippen LogP contribution in [-0.4, -0.2) is 74.1 Å².